The average molecular weight is 649 g/mol. The molecule has 0 spiro atoms. The third-order valence-electron chi connectivity index (χ3n) is 10.3. The summed E-state index contributed by atoms with van der Waals surface area (Å²) in [4.78, 5) is 14.8. The molecule has 0 aliphatic heterocycles. The Morgan fingerprint density at radius 3 is 1.51 bits per heavy atom. The first-order chi connectivity index (χ1) is 25.3. The third-order valence-corrected chi connectivity index (χ3v) is 10.3. The van der Waals surface area contributed by atoms with Crippen molar-refractivity contribution in [2.24, 2.45) is 0 Å². The van der Waals surface area contributed by atoms with Gasteiger partial charge in [-0.05, 0) is 86.3 Å². The molecule has 0 amide bonds. The maximum absolute atomic E-state index is 4.98. The smallest absolute Gasteiger partial charge is 0.164 e. The van der Waals surface area contributed by atoms with Crippen LogP contribution in [0, 0.1) is 0 Å². The quantitative estimate of drug-likeness (QED) is 0.191. The van der Waals surface area contributed by atoms with Crippen molar-refractivity contribution in [1.82, 2.24) is 19.5 Å². The summed E-state index contributed by atoms with van der Waals surface area (Å²) in [6.45, 7) is 0. The molecule has 2 aromatic heterocycles. The summed E-state index contributed by atoms with van der Waals surface area (Å²) < 4.78 is 2.43. The van der Waals surface area contributed by atoms with Gasteiger partial charge in [0.05, 0.1) is 11.0 Å². The van der Waals surface area contributed by atoms with Crippen molar-refractivity contribution >= 4 is 43.4 Å². The first-order valence-corrected chi connectivity index (χ1v) is 17.3. The van der Waals surface area contributed by atoms with E-state index >= 15 is 0 Å². The number of hydrogen-bond donors (Lipinski definition) is 0. The van der Waals surface area contributed by atoms with Gasteiger partial charge in [0.2, 0.25) is 0 Å². The number of benzene rings is 8. The van der Waals surface area contributed by atoms with Gasteiger partial charge in [-0.3, -0.25) is 0 Å². The van der Waals surface area contributed by atoms with Gasteiger partial charge in [0.15, 0.2) is 17.5 Å². The molecule has 1 aliphatic rings. The molecule has 0 atom stereocenters. The monoisotopic (exact) mass is 648 g/mol. The van der Waals surface area contributed by atoms with Gasteiger partial charge in [-0.2, -0.15) is 0 Å². The summed E-state index contributed by atoms with van der Waals surface area (Å²) >= 11 is 0. The van der Waals surface area contributed by atoms with Crippen molar-refractivity contribution in [3.8, 4) is 62.1 Å². The molecule has 0 fully saturated rings. The molecule has 10 aromatic rings. The third kappa shape index (κ3) is 4.23. The molecule has 0 saturated heterocycles. The minimum atomic E-state index is 0.644. The van der Waals surface area contributed by atoms with Crippen LogP contribution in [-0.4, -0.2) is 19.5 Å². The molecule has 11 rings (SSSR count). The average Bonchev–Trinajstić information content (AvgIpc) is 3.70. The van der Waals surface area contributed by atoms with E-state index < -0.39 is 0 Å². The molecular weight excluding hydrogens is 621 g/mol. The van der Waals surface area contributed by atoms with E-state index in [2.05, 4.69) is 114 Å². The molecule has 8 aromatic carbocycles. The van der Waals surface area contributed by atoms with Crippen LogP contribution < -0.4 is 0 Å². The fourth-order valence-electron chi connectivity index (χ4n) is 8.04. The Balaban J connectivity index is 1.15. The number of hydrogen-bond acceptors (Lipinski definition) is 3. The molecule has 236 valence electrons. The lowest BCUT2D eigenvalue weighted by molar-refractivity contribution is 1.07. The Bertz CT molecular complexity index is 2940. The zero-order valence-electron chi connectivity index (χ0n) is 27.5. The fraction of sp³-hybridized carbons (Fsp3) is 0. The molecule has 0 radical (unpaired) electrons. The van der Waals surface area contributed by atoms with Crippen LogP contribution in [-0.2, 0) is 0 Å². The van der Waals surface area contributed by atoms with Crippen LogP contribution in [0.4, 0.5) is 0 Å². The second-order valence-corrected chi connectivity index (χ2v) is 13.2. The van der Waals surface area contributed by atoms with Crippen LogP contribution in [0.25, 0.3) is 105 Å². The van der Waals surface area contributed by atoms with Gasteiger partial charge >= 0.3 is 0 Å². The zero-order chi connectivity index (χ0) is 33.5. The molecule has 0 bridgehead atoms. The highest BCUT2D eigenvalue weighted by atomic mass is 15.0. The zero-order valence-corrected chi connectivity index (χ0v) is 27.5. The van der Waals surface area contributed by atoms with Gasteiger partial charge in [-0.15, -0.1) is 0 Å². The number of nitrogens with zero attached hydrogens (tertiary/aromatic N) is 4. The summed E-state index contributed by atoms with van der Waals surface area (Å²) in [5.41, 5.74) is 11.5. The van der Waals surface area contributed by atoms with Gasteiger partial charge in [0.25, 0.3) is 0 Å². The van der Waals surface area contributed by atoms with Crippen LogP contribution in [0.1, 0.15) is 0 Å². The van der Waals surface area contributed by atoms with Crippen molar-refractivity contribution in [3.63, 3.8) is 0 Å². The topological polar surface area (TPSA) is 43.6 Å². The molecule has 0 N–H and O–H groups in total. The van der Waals surface area contributed by atoms with E-state index in [0.29, 0.717) is 17.5 Å². The van der Waals surface area contributed by atoms with E-state index in [0.717, 1.165) is 22.4 Å². The van der Waals surface area contributed by atoms with E-state index in [1.165, 1.54) is 65.6 Å². The Kier molecular flexibility index (Phi) is 5.92. The number of aromatic nitrogens is 4. The van der Waals surface area contributed by atoms with Gasteiger partial charge in [0.1, 0.15) is 0 Å². The highest BCUT2D eigenvalue weighted by Crippen LogP contribution is 2.51. The summed E-state index contributed by atoms with van der Waals surface area (Å²) in [6, 6.07) is 60.3. The summed E-state index contributed by atoms with van der Waals surface area (Å²) in [5, 5.41) is 7.63. The number of rotatable bonds is 4. The molecular formula is C47H28N4. The molecule has 2 heterocycles. The highest BCUT2D eigenvalue weighted by Gasteiger charge is 2.25. The van der Waals surface area contributed by atoms with Crippen LogP contribution in [0.3, 0.4) is 0 Å². The molecule has 4 heteroatoms. The van der Waals surface area contributed by atoms with E-state index in [1.54, 1.807) is 0 Å². The van der Waals surface area contributed by atoms with Gasteiger partial charge in [0, 0.05) is 33.2 Å². The summed E-state index contributed by atoms with van der Waals surface area (Å²) in [7, 11) is 0. The largest absolute Gasteiger partial charge is 0.309 e. The molecule has 1 aliphatic carbocycles. The summed E-state index contributed by atoms with van der Waals surface area (Å²) in [6.07, 6.45) is 0. The Labute approximate surface area is 294 Å². The lowest BCUT2D eigenvalue weighted by atomic mass is 9.97. The van der Waals surface area contributed by atoms with Crippen molar-refractivity contribution in [1.29, 1.82) is 0 Å². The summed E-state index contributed by atoms with van der Waals surface area (Å²) in [5.74, 6) is 1.95. The predicted octanol–water partition coefficient (Wildman–Crippen LogP) is 11.9. The predicted molar refractivity (Wildman–Crippen MR) is 210 cm³/mol. The van der Waals surface area contributed by atoms with Gasteiger partial charge in [-0.1, -0.05) is 127 Å². The normalized spacial score (nSPS) is 11.9. The van der Waals surface area contributed by atoms with Crippen LogP contribution in [0.5, 0.6) is 0 Å². The van der Waals surface area contributed by atoms with E-state index in [4.69, 9.17) is 15.0 Å². The maximum Gasteiger partial charge on any atom is 0.164 e. The standard InChI is InChI=1S/C47H28N4/c1-3-12-29(13-4-1)45-48-46(30-14-5-2-6-15-30)50-47(49-45)31-22-24-34(25-23-31)51-41-27-33-17-8-7-16-32(33)26-40(41)44-38-21-11-20-37-35-18-9-10-19-36(35)39(43(37)38)28-42(44)51/h1-28H. The first kappa shape index (κ1) is 28.0. The lowest BCUT2D eigenvalue weighted by Gasteiger charge is -2.12. The Morgan fingerprint density at radius 2 is 0.863 bits per heavy atom. The van der Waals surface area contributed by atoms with Crippen LogP contribution >= 0.6 is 0 Å². The number of fused-ring (bicyclic) bond motifs is 8. The fourth-order valence-corrected chi connectivity index (χ4v) is 8.04. The van der Waals surface area contributed by atoms with Crippen molar-refractivity contribution in [2.75, 3.05) is 0 Å². The second kappa shape index (κ2) is 10.8. The lowest BCUT2D eigenvalue weighted by Crippen LogP contribution is -2.00. The molecule has 0 unspecified atom stereocenters. The van der Waals surface area contributed by atoms with E-state index in [-0.39, 0.29) is 0 Å². The maximum atomic E-state index is 4.98. The first-order valence-electron chi connectivity index (χ1n) is 17.3. The molecule has 4 nitrogen and oxygen atoms in total. The minimum Gasteiger partial charge on any atom is -0.309 e. The van der Waals surface area contributed by atoms with E-state index in [1.807, 2.05) is 60.7 Å². The van der Waals surface area contributed by atoms with Gasteiger partial charge < -0.3 is 4.57 Å². The second-order valence-electron chi connectivity index (χ2n) is 13.2. The van der Waals surface area contributed by atoms with E-state index in [9.17, 15) is 0 Å². The SMILES string of the molecule is c1ccc(-c2nc(-c3ccccc3)nc(-c3ccc(-n4c5cc6ccccc6cc5c5c6cccc7c6c(cc54)-c4ccccc4-7)cc3)n2)cc1. The van der Waals surface area contributed by atoms with Gasteiger partial charge in [-0.25, -0.2) is 15.0 Å². The minimum absolute atomic E-state index is 0.644. The Hall–Kier alpha value is -6.91. The van der Waals surface area contributed by atoms with Crippen LogP contribution in [0.15, 0.2) is 170 Å². The molecule has 0 saturated carbocycles. The van der Waals surface area contributed by atoms with Crippen molar-refractivity contribution in [2.45, 2.75) is 0 Å². The Morgan fingerprint density at radius 1 is 0.333 bits per heavy atom. The van der Waals surface area contributed by atoms with Crippen LogP contribution in [0.2, 0.25) is 0 Å². The molecule has 51 heavy (non-hydrogen) atoms. The van der Waals surface area contributed by atoms with Crippen molar-refractivity contribution in [3.05, 3.63) is 170 Å². The highest BCUT2D eigenvalue weighted by molar-refractivity contribution is 6.30. The van der Waals surface area contributed by atoms with Crippen molar-refractivity contribution < 1.29 is 0 Å².